The van der Waals surface area contributed by atoms with Crippen LogP contribution in [0.5, 0.6) is 0 Å². The lowest BCUT2D eigenvalue weighted by molar-refractivity contribution is -0.119. The van der Waals surface area contributed by atoms with Gasteiger partial charge >= 0.3 is 0 Å². The molecular weight excluding hydrogens is 334 g/mol. The van der Waals surface area contributed by atoms with E-state index in [4.69, 9.17) is 0 Å². The minimum Gasteiger partial charge on any atom is -0.353 e. The lowest BCUT2D eigenvalue weighted by atomic mass is 10.1. The fourth-order valence-electron chi connectivity index (χ4n) is 3.09. The number of aromatic nitrogens is 4. The van der Waals surface area contributed by atoms with E-state index in [1.54, 1.807) is 4.68 Å². The van der Waals surface area contributed by atoms with Gasteiger partial charge in [0.2, 0.25) is 11.1 Å². The van der Waals surface area contributed by atoms with Gasteiger partial charge in [0.1, 0.15) is 0 Å². The van der Waals surface area contributed by atoms with Gasteiger partial charge in [0.25, 0.3) is 0 Å². The molecule has 0 unspecified atom stereocenters. The Kier molecular flexibility index (Phi) is 6.44. The molecule has 0 radical (unpaired) electrons. The lowest BCUT2D eigenvalue weighted by Gasteiger charge is -2.11. The number of carbonyl (C=O) groups is 1. The molecule has 0 atom stereocenters. The van der Waals surface area contributed by atoms with Gasteiger partial charge in [-0.1, -0.05) is 50.1 Å². The number of tetrazole rings is 1. The molecular formula is C18H25N5OS. The molecule has 1 aromatic heterocycles. The largest absolute Gasteiger partial charge is 0.353 e. The second kappa shape index (κ2) is 8.99. The third-order valence-corrected chi connectivity index (χ3v) is 5.41. The molecule has 0 spiro atoms. The Labute approximate surface area is 152 Å². The van der Waals surface area contributed by atoms with Crippen LogP contribution < -0.4 is 5.32 Å². The summed E-state index contributed by atoms with van der Waals surface area (Å²) in [5.74, 6) is 0.396. The van der Waals surface area contributed by atoms with Crippen LogP contribution in [-0.4, -0.2) is 37.9 Å². The summed E-state index contributed by atoms with van der Waals surface area (Å²) in [6, 6.07) is 8.65. The molecule has 3 rings (SSSR count). The predicted molar refractivity (Wildman–Crippen MR) is 98.9 cm³/mol. The molecule has 1 N–H and O–H groups in total. The zero-order chi connectivity index (χ0) is 17.5. The Morgan fingerprint density at radius 3 is 2.76 bits per heavy atom. The van der Waals surface area contributed by atoms with E-state index in [0.717, 1.165) is 24.9 Å². The first-order chi connectivity index (χ1) is 12.3. The van der Waals surface area contributed by atoms with Crippen LogP contribution in [0.3, 0.4) is 0 Å². The maximum Gasteiger partial charge on any atom is 0.230 e. The van der Waals surface area contributed by atoms with Crippen molar-refractivity contribution >= 4 is 17.7 Å². The first-order valence-corrected chi connectivity index (χ1v) is 10.0. The second-order valence-electron chi connectivity index (χ2n) is 6.48. The third kappa shape index (κ3) is 5.04. The number of hydrogen-bond donors (Lipinski definition) is 1. The molecule has 1 amide bonds. The van der Waals surface area contributed by atoms with Gasteiger partial charge in [-0.2, -0.15) is 4.68 Å². The topological polar surface area (TPSA) is 72.7 Å². The molecule has 1 aliphatic rings. The van der Waals surface area contributed by atoms with Crippen LogP contribution in [0.25, 0.3) is 5.69 Å². The van der Waals surface area contributed by atoms with Gasteiger partial charge in [-0.15, -0.1) is 5.10 Å². The summed E-state index contributed by atoms with van der Waals surface area (Å²) in [7, 11) is 0. The molecule has 134 valence electrons. The maximum absolute atomic E-state index is 12.1. The van der Waals surface area contributed by atoms with Gasteiger partial charge in [0.15, 0.2) is 0 Å². The smallest absolute Gasteiger partial charge is 0.230 e. The van der Waals surface area contributed by atoms with Crippen LogP contribution in [0.4, 0.5) is 0 Å². The number of thioether (sulfide) groups is 1. The number of nitrogens with one attached hydrogen (secondary N) is 1. The van der Waals surface area contributed by atoms with E-state index in [1.807, 2.05) is 12.1 Å². The highest BCUT2D eigenvalue weighted by Gasteiger charge is 2.18. The SMILES string of the molecule is CCCCc1ccc(-n2nnnc2SCC(=O)NC2CCCC2)cc1. The molecule has 1 saturated carbocycles. The fourth-order valence-corrected chi connectivity index (χ4v) is 3.79. The molecule has 1 aromatic carbocycles. The average Bonchev–Trinajstić information content (AvgIpc) is 3.30. The van der Waals surface area contributed by atoms with Gasteiger partial charge in [0, 0.05) is 6.04 Å². The molecule has 1 aliphatic carbocycles. The van der Waals surface area contributed by atoms with Gasteiger partial charge < -0.3 is 5.32 Å². The Morgan fingerprint density at radius 1 is 1.28 bits per heavy atom. The molecule has 0 bridgehead atoms. The summed E-state index contributed by atoms with van der Waals surface area (Å²) in [6.45, 7) is 2.20. The van der Waals surface area contributed by atoms with Gasteiger partial charge in [-0.05, 0) is 53.8 Å². The number of hydrogen-bond acceptors (Lipinski definition) is 5. The van der Waals surface area contributed by atoms with E-state index in [1.165, 1.54) is 43.0 Å². The van der Waals surface area contributed by atoms with Crippen molar-refractivity contribution in [1.82, 2.24) is 25.5 Å². The fraction of sp³-hybridized carbons (Fsp3) is 0.556. The van der Waals surface area contributed by atoms with Crippen LogP contribution in [0, 0.1) is 0 Å². The molecule has 1 fully saturated rings. The molecule has 0 aliphatic heterocycles. The zero-order valence-electron chi connectivity index (χ0n) is 14.6. The summed E-state index contributed by atoms with van der Waals surface area (Å²) in [5.41, 5.74) is 2.24. The van der Waals surface area contributed by atoms with Crippen molar-refractivity contribution in [1.29, 1.82) is 0 Å². The first kappa shape index (κ1) is 17.9. The van der Waals surface area contributed by atoms with E-state index in [0.29, 0.717) is 17.0 Å². The van der Waals surface area contributed by atoms with E-state index < -0.39 is 0 Å². The third-order valence-electron chi connectivity index (χ3n) is 4.49. The summed E-state index contributed by atoms with van der Waals surface area (Å²) < 4.78 is 1.69. The quantitative estimate of drug-likeness (QED) is 0.733. The highest BCUT2D eigenvalue weighted by molar-refractivity contribution is 7.99. The number of unbranched alkanes of at least 4 members (excludes halogenated alkanes) is 1. The molecule has 1 heterocycles. The highest BCUT2D eigenvalue weighted by atomic mass is 32.2. The minimum atomic E-state index is 0.0568. The van der Waals surface area contributed by atoms with Crippen LogP contribution in [-0.2, 0) is 11.2 Å². The monoisotopic (exact) mass is 359 g/mol. The van der Waals surface area contributed by atoms with Gasteiger partial charge in [0.05, 0.1) is 11.4 Å². The van der Waals surface area contributed by atoms with E-state index in [-0.39, 0.29) is 5.91 Å². The van der Waals surface area contributed by atoms with Crippen molar-refractivity contribution < 1.29 is 4.79 Å². The minimum absolute atomic E-state index is 0.0568. The number of carbonyl (C=O) groups excluding carboxylic acids is 1. The van der Waals surface area contributed by atoms with Crippen LogP contribution in [0.2, 0.25) is 0 Å². The van der Waals surface area contributed by atoms with Crippen molar-refractivity contribution in [3.63, 3.8) is 0 Å². The summed E-state index contributed by atoms with van der Waals surface area (Å²) in [5, 5.41) is 15.6. The molecule has 0 saturated heterocycles. The van der Waals surface area contributed by atoms with Crippen molar-refractivity contribution in [2.24, 2.45) is 0 Å². The van der Waals surface area contributed by atoms with E-state index in [2.05, 4.69) is 39.9 Å². The maximum atomic E-state index is 12.1. The van der Waals surface area contributed by atoms with Crippen molar-refractivity contribution in [2.75, 3.05) is 5.75 Å². The van der Waals surface area contributed by atoms with Crippen molar-refractivity contribution in [2.45, 2.75) is 63.1 Å². The van der Waals surface area contributed by atoms with Gasteiger partial charge in [-0.25, -0.2) is 0 Å². The molecule has 25 heavy (non-hydrogen) atoms. The number of amides is 1. The molecule has 6 nitrogen and oxygen atoms in total. The molecule has 7 heteroatoms. The standard InChI is InChI=1S/C18H25N5OS/c1-2-3-6-14-9-11-16(12-10-14)23-18(20-21-22-23)25-13-17(24)19-15-7-4-5-8-15/h9-12,15H,2-8,13H2,1H3,(H,19,24). The zero-order valence-corrected chi connectivity index (χ0v) is 15.5. The lowest BCUT2D eigenvalue weighted by Crippen LogP contribution is -2.33. The van der Waals surface area contributed by atoms with E-state index in [9.17, 15) is 4.79 Å². The average molecular weight is 359 g/mol. The Balaban J connectivity index is 1.57. The predicted octanol–water partition coefficient (Wildman–Crippen LogP) is 3.16. The molecule has 2 aromatic rings. The van der Waals surface area contributed by atoms with E-state index >= 15 is 0 Å². The van der Waals surface area contributed by atoms with Crippen LogP contribution in [0.15, 0.2) is 29.4 Å². The number of benzene rings is 1. The number of aryl methyl sites for hydroxylation is 1. The summed E-state index contributed by atoms with van der Waals surface area (Å²) in [6.07, 6.45) is 8.10. The first-order valence-electron chi connectivity index (χ1n) is 9.06. The van der Waals surface area contributed by atoms with Crippen LogP contribution in [0.1, 0.15) is 51.0 Å². The van der Waals surface area contributed by atoms with Crippen LogP contribution >= 0.6 is 11.8 Å². The van der Waals surface area contributed by atoms with Gasteiger partial charge in [-0.3, -0.25) is 4.79 Å². The normalized spacial score (nSPS) is 14.8. The highest BCUT2D eigenvalue weighted by Crippen LogP contribution is 2.20. The van der Waals surface area contributed by atoms with Crippen molar-refractivity contribution in [3.05, 3.63) is 29.8 Å². The van der Waals surface area contributed by atoms with Crippen molar-refractivity contribution in [3.8, 4) is 5.69 Å². The second-order valence-corrected chi connectivity index (χ2v) is 7.42. The summed E-state index contributed by atoms with van der Waals surface area (Å²) in [4.78, 5) is 12.1. The Bertz CT molecular complexity index is 679. The summed E-state index contributed by atoms with van der Waals surface area (Å²) >= 11 is 1.37. The number of nitrogens with zero attached hydrogens (tertiary/aromatic N) is 4. The Morgan fingerprint density at radius 2 is 2.04 bits per heavy atom. The number of rotatable bonds is 8. The Hall–Kier alpha value is -1.89.